The lowest BCUT2D eigenvalue weighted by molar-refractivity contribution is 0.0599. The molecule has 28 heavy (non-hydrogen) atoms. The summed E-state index contributed by atoms with van der Waals surface area (Å²) in [6.45, 7) is 2.52. The van der Waals surface area contributed by atoms with Crippen LogP contribution in [0.4, 0.5) is 0 Å². The summed E-state index contributed by atoms with van der Waals surface area (Å²) in [7, 11) is 0. The first kappa shape index (κ1) is 17.8. The molecule has 0 radical (unpaired) electrons. The molecule has 0 heterocycles. The van der Waals surface area contributed by atoms with Crippen LogP contribution in [0.25, 0.3) is 11.1 Å². The van der Waals surface area contributed by atoms with Gasteiger partial charge in [-0.3, -0.25) is 0 Å². The second-order valence-electron chi connectivity index (χ2n) is 9.42. The summed E-state index contributed by atoms with van der Waals surface area (Å²) in [6, 6.07) is 11.1. The highest BCUT2D eigenvalue weighted by atomic mass is 16.4. The third-order valence-corrected chi connectivity index (χ3v) is 8.07. The highest BCUT2D eigenvalue weighted by molar-refractivity contribution is 5.98. The van der Waals surface area contributed by atoms with Crippen LogP contribution in [0.15, 0.2) is 36.4 Å². The Morgan fingerprint density at radius 1 is 1.11 bits per heavy atom. The number of aromatic carboxylic acids is 1. The summed E-state index contributed by atoms with van der Waals surface area (Å²) in [5, 5.41) is 19.9. The van der Waals surface area contributed by atoms with Crippen LogP contribution in [0.1, 0.15) is 72.9 Å². The van der Waals surface area contributed by atoms with Crippen molar-refractivity contribution in [2.24, 2.45) is 17.3 Å². The van der Waals surface area contributed by atoms with Crippen molar-refractivity contribution in [2.45, 2.75) is 57.8 Å². The lowest BCUT2D eigenvalue weighted by Crippen LogP contribution is -2.39. The number of aryl methyl sites for hydroxylation is 1. The summed E-state index contributed by atoms with van der Waals surface area (Å²) in [5.41, 5.74) is 4.79. The summed E-state index contributed by atoms with van der Waals surface area (Å²) < 4.78 is 0. The van der Waals surface area contributed by atoms with Crippen molar-refractivity contribution in [2.75, 3.05) is 0 Å². The molecular weight excluding hydrogens is 348 g/mol. The number of benzene rings is 2. The van der Waals surface area contributed by atoms with Crippen molar-refractivity contribution >= 4 is 5.97 Å². The summed E-state index contributed by atoms with van der Waals surface area (Å²) in [5.74, 6) is 1.36. The Balaban J connectivity index is 1.54. The minimum absolute atomic E-state index is 0.0351. The van der Waals surface area contributed by atoms with Gasteiger partial charge in [-0.1, -0.05) is 37.6 Å². The first-order valence-electron chi connectivity index (χ1n) is 10.7. The molecule has 3 aliphatic rings. The molecule has 3 unspecified atom stereocenters. The maximum absolute atomic E-state index is 11.6. The van der Waals surface area contributed by atoms with Gasteiger partial charge in [0.15, 0.2) is 0 Å². The molecule has 2 aromatic rings. The molecule has 3 nitrogen and oxygen atoms in total. The zero-order valence-electron chi connectivity index (χ0n) is 16.4. The molecule has 3 heteroatoms. The second kappa shape index (κ2) is 6.37. The van der Waals surface area contributed by atoms with E-state index in [1.54, 1.807) is 18.2 Å². The number of rotatable bonds is 2. The largest absolute Gasteiger partial charge is 0.507 e. The fourth-order valence-electron chi connectivity index (χ4n) is 6.75. The lowest BCUT2D eigenvalue weighted by Gasteiger charge is -2.49. The maximum atomic E-state index is 11.6. The average Bonchev–Trinajstić information content (AvgIpc) is 3.09. The molecule has 2 saturated carbocycles. The Morgan fingerprint density at radius 2 is 1.96 bits per heavy atom. The zero-order chi connectivity index (χ0) is 19.5. The van der Waals surface area contributed by atoms with Crippen LogP contribution in [-0.4, -0.2) is 16.2 Å². The number of carboxylic acids is 1. The van der Waals surface area contributed by atoms with E-state index in [1.807, 2.05) is 6.07 Å². The first-order valence-corrected chi connectivity index (χ1v) is 10.7. The highest BCUT2D eigenvalue weighted by Crippen LogP contribution is 2.60. The number of fused-ring (bicyclic) bond motifs is 5. The van der Waals surface area contributed by atoms with Gasteiger partial charge < -0.3 is 10.2 Å². The van der Waals surface area contributed by atoms with Crippen LogP contribution in [0.5, 0.6) is 5.75 Å². The van der Waals surface area contributed by atoms with Gasteiger partial charge in [0.05, 0.1) is 5.56 Å². The molecule has 0 spiro atoms. The van der Waals surface area contributed by atoms with E-state index < -0.39 is 5.97 Å². The molecule has 0 saturated heterocycles. The predicted octanol–water partition coefficient (Wildman–Crippen LogP) is 6.00. The summed E-state index contributed by atoms with van der Waals surface area (Å²) in [4.78, 5) is 11.6. The Labute approximate surface area is 166 Å². The van der Waals surface area contributed by atoms with E-state index in [-0.39, 0.29) is 11.3 Å². The fraction of sp³-hybridized carbons (Fsp3) is 0.480. The maximum Gasteiger partial charge on any atom is 0.336 e. The monoisotopic (exact) mass is 376 g/mol. The standard InChI is InChI=1S/C25H28O3/c1-25-12-3-5-21(25)19-10-7-15-14-16(8-9-17(15)18(19)11-13-25)23-20(24(27)28)4-2-6-22(23)26/h2,4,6,8-9,14,18-19,21,26H,3,5,7,10-13H2,1H3,(H,27,28)/t18?,19?,21?,25-/m0/s1. The van der Waals surface area contributed by atoms with Crippen LogP contribution < -0.4 is 0 Å². The molecule has 146 valence electrons. The Kier molecular flexibility index (Phi) is 4.04. The van der Waals surface area contributed by atoms with Crippen molar-refractivity contribution < 1.29 is 15.0 Å². The van der Waals surface area contributed by atoms with Gasteiger partial charge in [0.25, 0.3) is 0 Å². The SMILES string of the molecule is C[C@@]12CCCC1C1CCc3cc(-c4c(O)cccc4C(=O)O)ccc3C1CC2. The Bertz CT molecular complexity index is 947. The van der Waals surface area contributed by atoms with Gasteiger partial charge in [-0.15, -0.1) is 0 Å². The van der Waals surface area contributed by atoms with Gasteiger partial charge in [0, 0.05) is 5.56 Å². The van der Waals surface area contributed by atoms with Crippen LogP contribution in [0, 0.1) is 17.3 Å². The normalized spacial score (nSPS) is 31.0. The van der Waals surface area contributed by atoms with Gasteiger partial charge in [-0.05, 0) is 90.5 Å². The summed E-state index contributed by atoms with van der Waals surface area (Å²) >= 11 is 0. The highest BCUT2D eigenvalue weighted by Gasteiger charge is 2.50. The van der Waals surface area contributed by atoms with Gasteiger partial charge >= 0.3 is 5.97 Å². The second-order valence-corrected chi connectivity index (χ2v) is 9.42. The van der Waals surface area contributed by atoms with E-state index in [0.29, 0.717) is 16.9 Å². The first-order chi connectivity index (χ1) is 13.5. The molecule has 2 fully saturated rings. The van der Waals surface area contributed by atoms with Crippen molar-refractivity contribution in [1.82, 2.24) is 0 Å². The zero-order valence-corrected chi connectivity index (χ0v) is 16.4. The van der Waals surface area contributed by atoms with Crippen LogP contribution in [0.3, 0.4) is 0 Å². The van der Waals surface area contributed by atoms with Crippen LogP contribution >= 0.6 is 0 Å². The van der Waals surface area contributed by atoms with E-state index in [1.165, 1.54) is 49.7 Å². The quantitative estimate of drug-likeness (QED) is 0.675. The molecule has 2 aromatic carbocycles. The molecule has 4 atom stereocenters. The van der Waals surface area contributed by atoms with Crippen LogP contribution in [0.2, 0.25) is 0 Å². The number of phenolic OH excluding ortho intramolecular Hbond substituents is 1. The minimum Gasteiger partial charge on any atom is -0.507 e. The van der Waals surface area contributed by atoms with E-state index in [0.717, 1.165) is 23.8 Å². The average molecular weight is 376 g/mol. The fourth-order valence-corrected chi connectivity index (χ4v) is 6.75. The number of aromatic hydroxyl groups is 1. The smallest absolute Gasteiger partial charge is 0.336 e. The molecule has 0 bridgehead atoms. The van der Waals surface area contributed by atoms with Gasteiger partial charge in [0.1, 0.15) is 5.75 Å². The number of carbonyl (C=O) groups is 1. The third-order valence-electron chi connectivity index (χ3n) is 8.07. The molecular formula is C25H28O3. The van der Waals surface area contributed by atoms with Gasteiger partial charge in [-0.2, -0.15) is 0 Å². The molecule has 0 aliphatic heterocycles. The molecule has 0 aromatic heterocycles. The van der Waals surface area contributed by atoms with Crippen molar-refractivity contribution in [3.63, 3.8) is 0 Å². The number of hydrogen-bond acceptors (Lipinski definition) is 2. The van der Waals surface area contributed by atoms with Crippen molar-refractivity contribution in [3.05, 3.63) is 53.1 Å². The van der Waals surface area contributed by atoms with E-state index in [4.69, 9.17) is 0 Å². The van der Waals surface area contributed by atoms with Crippen LogP contribution in [-0.2, 0) is 6.42 Å². The molecule has 5 rings (SSSR count). The van der Waals surface area contributed by atoms with E-state index >= 15 is 0 Å². The molecule has 3 aliphatic carbocycles. The van der Waals surface area contributed by atoms with Gasteiger partial charge in [0.2, 0.25) is 0 Å². The van der Waals surface area contributed by atoms with Crippen molar-refractivity contribution in [3.8, 4) is 16.9 Å². The number of carboxylic acid groups (broad SMARTS) is 1. The summed E-state index contributed by atoms with van der Waals surface area (Å²) in [6.07, 6.45) is 9.11. The molecule has 0 amide bonds. The van der Waals surface area contributed by atoms with E-state index in [9.17, 15) is 15.0 Å². The predicted molar refractivity (Wildman–Crippen MR) is 110 cm³/mol. The van der Waals surface area contributed by atoms with E-state index in [2.05, 4.69) is 19.1 Å². The topological polar surface area (TPSA) is 57.5 Å². The lowest BCUT2D eigenvalue weighted by atomic mass is 9.56. The Hall–Kier alpha value is -2.29. The number of hydrogen-bond donors (Lipinski definition) is 2. The number of phenols is 1. The third kappa shape index (κ3) is 2.59. The Morgan fingerprint density at radius 3 is 2.79 bits per heavy atom. The molecule has 2 N–H and O–H groups in total. The minimum atomic E-state index is -1.00. The van der Waals surface area contributed by atoms with Crippen molar-refractivity contribution in [1.29, 1.82) is 0 Å². The van der Waals surface area contributed by atoms with Gasteiger partial charge in [-0.25, -0.2) is 4.79 Å².